The minimum atomic E-state index is -0.717. The first kappa shape index (κ1) is 14.7. The molecule has 0 radical (unpaired) electrons. The summed E-state index contributed by atoms with van der Waals surface area (Å²) in [5.74, 6) is -0.717. The fourth-order valence-corrected chi connectivity index (χ4v) is 3.08. The highest BCUT2D eigenvalue weighted by Crippen LogP contribution is 2.24. The Morgan fingerprint density at radius 3 is 2.76 bits per heavy atom. The first-order chi connectivity index (χ1) is 8.00. The standard InChI is InChI=1S/C12H18BrNO2S/c1-9(2)14(6-3-4-12(15)16)8-11-10(13)5-7-17-11/h5,7,9H,3-4,6,8H2,1-2H3,(H,15,16). The molecule has 0 spiro atoms. The largest absolute Gasteiger partial charge is 0.481 e. The molecule has 1 aromatic rings. The van der Waals surface area contributed by atoms with Gasteiger partial charge in [0.2, 0.25) is 0 Å². The van der Waals surface area contributed by atoms with E-state index in [-0.39, 0.29) is 6.42 Å². The van der Waals surface area contributed by atoms with E-state index in [1.54, 1.807) is 11.3 Å². The van der Waals surface area contributed by atoms with E-state index in [0.717, 1.165) is 17.6 Å². The number of nitrogens with zero attached hydrogens (tertiary/aromatic N) is 1. The second-order valence-corrected chi connectivity index (χ2v) is 6.11. The average Bonchev–Trinajstić information content (AvgIpc) is 2.62. The first-order valence-corrected chi connectivity index (χ1v) is 7.35. The van der Waals surface area contributed by atoms with Crippen LogP contribution in [0.5, 0.6) is 0 Å². The highest BCUT2D eigenvalue weighted by atomic mass is 79.9. The molecule has 17 heavy (non-hydrogen) atoms. The molecule has 1 N–H and O–H groups in total. The van der Waals surface area contributed by atoms with Gasteiger partial charge in [0, 0.05) is 28.4 Å². The van der Waals surface area contributed by atoms with E-state index in [4.69, 9.17) is 5.11 Å². The van der Waals surface area contributed by atoms with Crippen LogP contribution in [0.3, 0.4) is 0 Å². The van der Waals surface area contributed by atoms with Crippen molar-refractivity contribution in [3.63, 3.8) is 0 Å². The van der Waals surface area contributed by atoms with E-state index in [1.807, 2.05) is 0 Å². The fourth-order valence-electron chi connectivity index (χ4n) is 1.58. The van der Waals surface area contributed by atoms with Crippen LogP contribution < -0.4 is 0 Å². The molecule has 0 saturated carbocycles. The van der Waals surface area contributed by atoms with Crippen molar-refractivity contribution >= 4 is 33.2 Å². The Morgan fingerprint density at radius 2 is 2.29 bits per heavy atom. The van der Waals surface area contributed by atoms with Crippen molar-refractivity contribution in [2.75, 3.05) is 6.54 Å². The highest BCUT2D eigenvalue weighted by Gasteiger charge is 2.13. The van der Waals surface area contributed by atoms with Gasteiger partial charge in [0.1, 0.15) is 0 Å². The number of carboxylic acid groups (broad SMARTS) is 1. The predicted octanol–water partition coefficient (Wildman–Crippen LogP) is 3.59. The van der Waals surface area contributed by atoms with Crippen LogP contribution in [0.2, 0.25) is 0 Å². The van der Waals surface area contributed by atoms with Gasteiger partial charge < -0.3 is 5.11 Å². The van der Waals surface area contributed by atoms with Crippen molar-refractivity contribution in [2.45, 2.75) is 39.3 Å². The summed E-state index contributed by atoms with van der Waals surface area (Å²) in [5.41, 5.74) is 0. The van der Waals surface area contributed by atoms with Crippen molar-refractivity contribution in [3.05, 3.63) is 20.8 Å². The van der Waals surface area contributed by atoms with Gasteiger partial charge in [-0.1, -0.05) is 0 Å². The maximum Gasteiger partial charge on any atom is 0.303 e. The van der Waals surface area contributed by atoms with Gasteiger partial charge in [-0.3, -0.25) is 9.69 Å². The van der Waals surface area contributed by atoms with Crippen LogP contribution in [-0.4, -0.2) is 28.6 Å². The van der Waals surface area contributed by atoms with Crippen molar-refractivity contribution in [2.24, 2.45) is 0 Å². The van der Waals surface area contributed by atoms with Crippen LogP contribution in [-0.2, 0) is 11.3 Å². The number of carbonyl (C=O) groups is 1. The molecule has 0 aliphatic heterocycles. The Kier molecular flexibility index (Phi) is 6.16. The zero-order valence-electron chi connectivity index (χ0n) is 10.1. The van der Waals surface area contributed by atoms with Gasteiger partial charge >= 0.3 is 5.97 Å². The fraction of sp³-hybridized carbons (Fsp3) is 0.583. The van der Waals surface area contributed by atoms with Crippen LogP contribution in [0.4, 0.5) is 0 Å². The van der Waals surface area contributed by atoms with Gasteiger partial charge in [0.05, 0.1) is 0 Å². The van der Waals surface area contributed by atoms with Crippen molar-refractivity contribution in [1.82, 2.24) is 4.90 Å². The Bertz CT molecular complexity index is 365. The Labute approximate surface area is 115 Å². The topological polar surface area (TPSA) is 40.5 Å². The van der Waals surface area contributed by atoms with Gasteiger partial charge in [-0.05, 0) is 54.2 Å². The molecule has 0 amide bonds. The smallest absolute Gasteiger partial charge is 0.303 e. The molecule has 0 unspecified atom stereocenters. The van der Waals surface area contributed by atoms with E-state index in [0.29, 0.717) is 12.5 Å². The summed E-state index contributed by atoms with van der Waals surface area (Å²) in [6.07, 6.45) is 0.950. The number of carboxylic acids is 1. The van der Waals surface area contributed by atoms with E-state index in [1.165, 1.54) is 4.88 Å². The Morgan fingerprint density at radius 1 is 1.59 bits per heavy atom. The summed E-state index contributed by atoms with van der Waals surface area (Å²) in [6, 6.07) is 2.48. The lowest BCUT2D eigenvalue weighted by molar-refractivity contribution is -0.137. The minimum absolute atomic E-state index is 0.245. The molecule has 1 heterocycles. The predicted molar refractivity (Wildman–Crippen MR) is 74.4 cm³/mol. The molecule has 1 aromatic heterocycles. The van der Waals surface area contributed by atoms with Crippen LogP contribution in [0.1, 0.15) is 31.6 Å². The number of hydrogen-bond acceptors (Lipinski definition) is 3. The summed E-state index contributed by atoms with van der Waals surface area (Å²) in [7, 11) is 0. The van der Waals surface area contributed by atoms with Gasteiger partial charge in [-0.2, -0.15) is 0 Å². The maximum absolute atomic E-state index is 10.5. The van der Waals surface area contributed by atoms with Crippen molar-refractivity contribution in [1.29, 1.82) is 0 Å². The van der Waals surface area contributed by atoms with Crippen molar-refractivity contribution in [3.8, 4) is 0 Å². The molecule has 0 fully saturated rings. The third-order valence-electron chi connectivity index (χ3n) is 2.60. The molecule has 5 heteroatoms. The molecule has 0 bridgehead atoms. The second kappa shape index (κ2) is 7.13. The SMILES string of the molecule is CC(C)N(CCCC(=O)O)Cc1sccc1Br. The van der Waals surface area contributed by atoms with Gasteiger partial charge in [0.15, 0.2) is 0 Å². The third kappa shape index (κ3) is 5.19. The maximum atomic E-state index is 10.5. The lowest BCUT2D eigenvalue weighted by atomic mass is 10.2. The zero-order chi connectivity index (χ0) is 12.8. The first-order valence-electron chi connectivity index (χ1n) is 5.68. The summed E-state index contributed by atoms with van der Waals surface area (Å²) >= 11 is 5.26. The van der Waals surface area contributed by atoms with Crippen LogP contribution in [0, 0.1) is 0 Å². The average molecular weight is 320 g/mol. The second-order valence-electron chi connectivity index (χ2n) is 4.25. The molecule has 0 aromatic carbocycles. The third-order valence-corrected chi connectivity index (χ3v) is 4.52. The van der Waals surface area contributed by atoms with E-state index in [9.17, 15) is 4.79 Å². The summed E-state index contributed by atoms with van der Waals surface area (Å²) in [6.45, 7) is 5.99. The number of rotatable bonds is 7. The van der Waals surface area contributed by atoms with E-state index < -0.39 is 5.97 Å². The van der Waals surface area contributed by atoms with Crippen LogP contribution in [0.25, 0.3) is 0 Å². The van der Waals surface area contributed by atoms with E-state index >= 15 is 0 Å². The number of aliphatic carboxylic acids is 1. The number of halogens is 1. The number of thiophene rings is 1. The molecule has 0 atom stereocenters. The normalized spacial score (nSPS) is 11.4. The Hall–Kier alpha value is -0.390. The minimum Gasteiger partial charge on any atom is -0.481 e. The molecule has 96 valence electrons. The highest BCUT2D eigenvalue weighted by molar-refractivity contribution is 9.10. The molecule has 0 aliphatic carbocycles. The molecular formula is C12H18BrNO2S. The summed E-state index contributed by atoms with van der Waals surface area (Å²) in [5, 5.41) is 10.7. The van der Waals surface area contributed by atoms with Gasteiger partial charge in [-0.15, -0.1) is 11.3 Å². The summed E-state index contributed by atoms with van der Waals surface area (Å²) < 4.78 is 1.14. The lowest BCUT2D eigenvalue weighted by Gasteiger charge is -2.25. The van der Waals surface area contributed by atoms with Crippen molar-refractivity contribution < 1.29 is 9.90 Å². The number of hydrogen-bond donors (Lipinski definition) is 1. The quantitative estimate of drug-likeness (QED) is 0.835. The van der Waals surface area contributed by atoms with Crippen LogP contribution in [0.15, 0.2) is 15.9 Å². The Balaban J connectivity index is 2.49. The molecule has 0 aliphatic rings. The van der Waals surface area contributed by atoms with Crippen LogP contribution >= 0.6 is 27.3 Å². The van der Waals surface area contributed by atoms with E-state index in [2.05, 4.69) is 46.1 Å². The van der Waals surface area contributed by atoms with Gasteiger partial charge in [-0.25, -0.2) is 0 Å². The van der Waals surface area contributed by atoms with Gasteiger partial charge in [0.25, 0.3) is 0 Å². The molecular weight excluding hydrogens is 302 g/mol. The summed E-state index contributed by atoms with van der Waals surface area (Å²) in [4.78, 5) is 14.1. The molecule has 0 saturated heterocycles. The zero-order valence-corrected chi connectivity index (χ0v) is 12.6. The monoisotopic (exact) mass is 319 g/mol. The molecule has 3 nitrogen and oxygen atoms in total. The molecule has 1 rings (SSSR count). The lowest BCUT2D eigenvalue weighted by Crippen LogP contribution is -2.31.